The Labute approximate surface area is 101 Å². The van der Waals surface area contributed by atoms with Crippen molar-refractivity contribution in [3.05, 3.63) is 24.3 Å². The molecule has 0 saturated heterocycles. The van der Waals surface area contributed by atoms with Crippen molar-refractivity contribution in [2.45, 2.75) is 59.8 Å². The molecular weight excluding hydrogens is 196 g/mol. The van der Waals surface area contributed by atoms with Gasteiger partial charge in [-0.2, -0.15) is 0 Å². The minimum atomic E-state index is 0.137. The highest BCUT2D eigenvalue weighted by atomic mass is 16.1. The van der Waals surface area contributed by atoms with Crippen molar-refractivity contribution in [3.63, 3.8) is 0 Å². The van der Waals surface area contributed by atoms with Crippen LogP contribution in [0.4, 0.5) is 0 Å². The normalized spacial score (nSPS) is 12.6. The summed E-state index contributed by atoms with van der Waals surface area (Å²) in [6, 6.07) is 0. The quantitative estimate of drug-likeness (QED) is 0.430. The number of rotatable bonds is 8. The van der Waals surface area contributed by atoms with Gasteiger partial charge >= 0.3 is 0 Å². The molecule has 0 atom stereocenters. The smallest absolute Gasteiger partial charge is 0.155 e. The third kappa shape index (κ3) is 4.34. The Bertz CT molecular complexity index is 257. The summed E-state index contributed by atoms with van der Waals surface area (Å²) in [5.41, 5.74) is 1.13. The molecule has 1 heteroatoms. The highest BCUT2D eigenvalue weighted by molar-refractivity contribution is 5.93. The molecule has 0 rings (SSSR count). The zero-order valence-corrected chi connectivity index (χ0v) is 11.3. The Hall–Kier alpha value is -0.850. The van der Waals surface area contributed by atoms with E-state index in [1.165, 1.54) is 0 Å². The first-order valence-electron chi connectivity index (χ1n) is 6.38. The molecule has 0 aliphatic carbocycles. The summed E-state index contributed by atoms with van der Waals surface area (Å²) in [5.74, 6) is 0.220. The number of hydrogen-bond acceptors (Lipinski definition) is 1. The third-order valence-electron chi connectivity index (χ3n) is 3.41. The van der Waals surface area contributed by atoms with E-state index in [0.29, 0.717) is 0 Å². The van der Waals surface area contributed by atoms with Crippen molar-refractivity contribution >= 4 is 5.78 Å². The molecule has 0 spiro atoms. The van der Waals surface area contributed by atoms with Gasteiger partial charge in [0, 0.05) is 0 Å². The molecule has 0 aromatic carbocycles. The zero-order chi connectivity index (χ0) is 12.6. The summed E-state index contributed by atoms with van der Waals surface area (Å²) in [6.07, 6.45) is 9.19. The van der Waals surface area contributed by atoms with E-state index in [1.54, 1.807) is 6.92 Å². The van der Waals surface area contributed by atoms with Gasteiger partial charge in [-0.1, -0.05) is 39.3 Å². The molecule has 0 unspecified atom stereocenters. The van der Waals surface area contributed by atoms with E-state index >= 15 is 0 Å². The van der Waals surface area contributed by atoms with Crippen LogP contribution >= 0.6 is 0 Å². The molecule has 0 aromatic heterocycles. The number of Topliss-reactive ketones (excluding diaryl/α,β-unsaturated/α-hetero) is 1. The fourth-order valence-electron chi connectivity index (χ4n) is 2.08. The number of carbonyl (C=O) groups excluding carboxylic acids is 1. The minimum absolute atomic E-state index is 0.137. The van der Waals surface area contributed by atoms with Gasteiger partial charge in [0.15, 0.2) is 5.78 Å². The Morgan fingerprint density at radius 3 is 2.12 bits per heavy atom. The number of ketones is 1. The van der Waals surface area contributed by atoms with E-state index in [9.17, 15) is 4.79 Å². The van der Waals surface area contributed by atoms with Gasteiger partial charge in [-0.05, 0) is 43.6 Å². The van der Waals surface area contributed by atoms with Gasteiger partial charge in [0.25, 0.3) is 0 Å². The Morgan fingerprint density at radius 2 is 1.81 bits per heavy atom. The molecule has 0 aliphatic rings. The second kappa shape index (κ2) is 7.43. The fraction of sp³-hybridized carbons (Fsp3) is 0.667. The van der Waals surface area contributed by atoms with E-state index < -0.39 is 0 Å². The maximum absolute atomic E-state index is 11.6. The molecule has 0 amide bonds. The summed E-state index contributed by atoms with van der Waals surface area (Å²) in [6.45, 7) is 12.0. The van der Waals surface area contributed by atoms with Gasteiger partial charge in [0.2, 0.25) is 0 Å². The SMILES string of the molecule is C=CCC(/C=C(\CCC)C(C)=O)(CC)CC. The van der Waals surface area contributed by atoms with E-state index in [0.717, 1.165) is 37.7 Å². The van der Waals surface area contributed by atoms with Crippen LogP contribution in [0.5, 0.6) is 0 Å². The third-order valence-corrected chi connectivity index (χ3v) is 3.41. The van der Waals surface area contributed by atoms with Gasteiger partial charge < -0.3 is 0 Å². The predicted molar refractivity (Wildman–Crippen MR) is 71.5 cm³/mol. The van der Waals surface area contributed by atoms with Crippen LogP contribution in [-0.2, 0) is 4.79 Å². The molecular formula is C15H26O. The molecule has 0 fully saturated rings. The largest absolute Gasteiger partial charge is 0.295 e. The second-order valence-electron chi connectivity index (χ2n) is 4.54. The average Bonchev–Trinajstić information content (AvgIpc) is 2.27. The first-order chi connectivity index (χ1) is 7.55. The van der Waals surface area contributed by atoms with Crippen LogP contribution in [0.1, 0.15) is 59.8 Å². The fourth-order valence-corrected chi connectivity index (χ4v) is 2.08. The van der Waals surface area contributed by atoms with Crippen LogP contribution in [0.3, 0.4) is 0 Å². The van der Waals surface area contributed by atoms with Crippen molar-refractivity contribution < 1.29 is 4.79 Å². The van der Waals surface area contributed by atoms with Crippen LogP contribution in [0, 0.1) is 5.41 Å². The van der Waals surface area contributed by atoms with Crippen molar-refractivity contribution in [3.8, 4) is 0 Å². The first kappa shape index (κ1) is 15.2. The Morgan fingerprint density at radius 1 is 1.25 bits per heavy atom. The zero-order valence-electron chi connectivity index (χ0n) is 11.3. The van der Waals surface area contributed by atoms with E-state index in [2.05, 4.69) is 33.4 Å². The molecule has 0 aliphatic heterocycles. The lowest BCUT2D eigenvalue weighted by atomic mass is 9.77. The van der Waals surface area contributed by atoms with Crippen molar-refractivity contribution in [1.82, 2.24) is 0 Å². The average molecular weight is 222 g/mol. The summed E-state index contributed by atoms with van der Waals surface area (Å²) < 4.78 is 0. The molecule has 0 N–H and O–H groups in total. The maximum Gasteiger partial charge on any atom is 0.155 e. The summed E-state index contributed by atoms with van der Waals surface area (Å²) in [4.78, 5) is 11.6. The lowest BCUT2D eigenvalue weighted by Gasteiger charge is -2.28. The first-order valence-corrected chi connectivity index (χ1v) is 6.38. The molecule has 0 radical (unpaired) electrons. The van der Waals surface area contributed by atoms with Gasteiger partial charge in [-0.25, -0.2) is 0 Å². The summed E-state index contributed by atoms with van der Waals surface area (Å²) in [5, 5.41) is 0. The van der Waals surface area contributed by atoms with Crippen molar-refractivity contribution in [1.29, 1.82) is 0 Å². The van der Waals surface area contributed by atoms with E-state index in [1.807, 2.05) is 6.08 Å². The summed E-state index contributed by atoms with van der Waals surface area (Å²) in [7, 11) is 0. The van der Waals surface area contributed by atoms with Gasteiger partial charge in [-0.3, -0.25) is 4.79 Å². The van der Waals surface area contributed by atoms with Crippen LogP contribution in [-0.4, -0.2) is 5.78 Å². The van der Waals surface area contributed by atoms with E-state index in [4.69, 9.17) is 0 Å². The highest BCUT2D eigenvalue weighted by Gasteiger charge is 2.23. The Balaban J connectivity index is 5.10. The molecule has 92 valence electrons. The molecule has 16 heavy (non-hydrogen) atoms. The molecule has 1 nitrogen and oxygen atoms in total. The molecule has 0 saturated carbocycles. The molecule has 0 aromatic rings. The number of hydrogen-bond donors (Lipinski definition) is 0. The number of carbonyl (C=O) groups is 1. The van der Waals surface area contributed by atoms with Gasteiger partial charge in [0.05, 0.1) is 0 Å². The van der Waals surface area contributed by atoms with Crippen LogP contribution in [0.2, 0.25) is 0 Å². The maximum atomic E-state index is 11.6. The molecule has 0 bridgehead atoms. The highest BCUT2D eigenvalue weighted by Crippen LogP contribution is 2.34. The van der Waals surface area contributed by atoms with Gasteiger partial charge in [0.1, 0.15) is 0 Å². The lowest BCUT2D eigenvalue weighted by Crippen LogP contribution is -2.17. The minimum Gasteiger partial charge on any atom is -0.295 e. The predicted octanol–water partition coefficient (Wildman–Crippen LogP) is 4.68. The van der Waals surface area contributed by atoms with Gasteiger partial charge in [-0.15, -0.1) is 6.58 Å². The van der Waals surface area contributed by atoms with Crippen LogP contribution in [0.15, 0.2) is 24.3 Å². The van der Waals surface area contributed by atoms with Crippen LogP contribution < -0.4 is 0 Å². The standard InChI is InChI=1S/C15H26O/c1-6-10-14(13(5)16)12-15(8-3,9-4)11-7-2/h7,12H,2,6,8-11H2,1,3-5H3/b14-12+. The lowest BCUT2D eigenvalue weighted by molar-refractivity contribution is -0.113. The van der Waals surface area contributed by atoms with E-state index in [-0.39, 0.29) is 11.2 Å². The topological polar surface area (TPSA) is 17.1 Å². The van der Waals surface area contributed by atoms with Crippen LogP contribution in [0.25, 0.3) is 0 Å². The number of allylic oxidation sites excluding steroid dienone is 3. The summed E-state index contributed by atoms with van der Waals surface area (Å²) >= 11 is 0. The van der Waals surface area contributed by atoms with Crippen molar-refractivity contribution in [2.75, 3.05) is 0 Å². The second-order valence-corrected chi connectivity index (χ2v) is 4.54. The monoisotopic (exact) mass is 222 g/mol. The molecule has 0 heterocycles. The Kier molecular flexibility index (Phi) is 7.03. The van der Waals surface area contributed by atoms with Crippen molar-refractivity contribution in [2.24, 2.45) is 5.41 Å².